The molecule has 0 radical (unpaired) electrons. The van der Waals surface area contributed by atoms with Gasteiger partial charge in [-0.3, -0.25) is 4.79 Å². The van der Waals surface area contributed by atoms with E-state index in [9.17, 15) is 4.79 Å². The maximum atomic E-state index is 12.5. The zero-order valence-electron chi connectivity index (χ0n) is 12.8. The molecule has 5 nitrogen and oxygen atoms in total. The molecular formula is C15H24N4O. The first-order valence-electron chi connectivity index (χ1n) is 7.37. The minimum atomic E-state index is 0.0221. The van der Waals surface area contributed by atoms with Crippen LogP contribution in [0.5, 0.6) is 0 Å². The highest BCUT2D eigenvalue weighted by molar-refractivity contribution is 5.93. The van der Waals surface area contributed by atoms with Crippen molar-refractivity contribution in [1.82, 2.24) is 14.9 Å². The van der Waals surface area contributed by atoms with E-state index in [0.29, 0.717) is 17.4 Å². The lowest BCUT2D eigenvalue weighted by Gasteiger charge is -2.30. The molecule has 1 amide bonds. The van der Waals surface area contributed by atoms with Crippen molar-refractivity contribution in [1.29, 1.82) is 0 Å². The van der Waals surface area contributed by atoms with Gasteiger partial charge < -0.3 is 10.2 Å². The Morgan fingerprint density at radius 1 is 1.45 bits per heavy atom. The van der Waals surface area contributed by atoms with E-state index in [4.69, 9.17) is 0 Å². The third-order valence-electron chi connectivity index (χ3n) is 3.44. The van der Waals surface area contributed by atoms with Crippen molar-refractivity contribution in [3.8, 4) is 0 Å². The van der Waals surface area contributed by atoms with Gasteiger partial charge in [0.2, 0.25) is 0 Å². The van der Waals surface area contributed by atoms with Gasteiger partial charge in [-0.2, -0.15) is 0 Å². The van der Waals surface area contributed by atoms with Crippen molar-refractivity contribution >= 4 is 11.7 Å². The van der Waals surface area contributed by atoms with Crippen LogP contribution in [0.15, 0.2) is 6.07 Å². The number of piperidine rings is 1. The number of aryl methyl sites for hydroxylation is 1. The van der Waals surface area contributed by atoms with Gasteiger partial charge in [-0.25, -0.2) is 9.97 Å². The third-order valence-corrected chi connectivity index (χ3v) is 3.44. The minimum absolute atomic E-state index is 0.0221. The van der Waals surface area contributed by atoms with Gasteiger partial charge in [-0.15, -0.1) is 0 Å². The molecule has 1 aliphatic rings. The standard InChI is InChI=1S/C15H24N4O/c1-10(2)16-14-8-13(17-12(4)18-14)15(20)19-7-5-6-11(3)9-19/h8,10-11H,5-7,9H2,1-4H3,(H,16,17,18). The van der Waals surface area contributed by atoms with Crippen LogP contribution >= 0.6 is 0 Å². The zero-order chi connectivity index (χ0) is 14.7. The number of hydrogen-bond donors (Lipinski definition) is 1. The second-order valence-electron chi connectivity index (χ2n) is 5.98. The summed E-state index contributed by atoms with van der Waals surface area (Å²) in [5.74, 6) is 1.95. The van der Waals surface area contributed by atoms with Crippen LogP contribution in [0.1, 0.15) is 49.9 Å². The summed E-state index contributed by atoms with van der Waals surface area (Å²) < 4.78 is 0. The zero-order valence-corrected chi connectivity index (χ0v) is 12.8. The number of carbonyl (C=O) groups excluding carboxylic acids is 1. The Morgan fingerprint density at radius 2 is 2.20 bits per heavy atom. The predicted octanol–water partition coefficient (Wildman–Crippen LogP) is 2.48. The summed E-state index contributed by atoms with van der Waals surface area (Å²) in [6.07, 6.45) is 2.28. The van der Waals surface area contributed by atoms with Crippen molar-refractivity contribution in [3.05, 3.63) is 17.6 Å². The van der Waals surface area contributed by atoms with E-state index in [0.717, 1.165) is 25.3 Å². The minimum Gasteiger partial charge on any atom is -0.368 e. The van der Waals surface area contributed by atoms with Gasteiger partial charge in [0, 0.05) is 25.2 Å². The highest BCUT2D eigenvalue weighted by Gasteiger charge is 2.23. The number of carbonyl (C=O) groups is 1. The Balaban J connectivity index is 2.18. The lowest BCUT2D eigenvalue weighted by Crippen LogP contribution is -2.39. The van der Waals surface area contributed by atoms with E-state index < -0.39 is 0 Å². The number of likely N-dealkylation sites (tertiary alicyclic amines) is 1. The van der Waals surface area contributed by atoms with Crippen molar-refractivity contribution < 1.29 is 4.79 Å². The molecule has 0 saturated carbocycles. The lowest BCUT2D eigenvalue weighted by atomic mass is 10.00. The van der Waals surface area contributed by atoms with Crippen LogP contribution in [0, 0.1) is 12.8 Å². The molecule has 2 rings (SSSR count). The fourth-order valence-corrected chi connectivity index (χ4v) is 2.58. The summed E-state index contributed by atoms with van der Waals surface area (Å²) in [6, 6.07) is 2.04. The molecule has 1 N–H and O–H groups in total. The van der Waals surface area contributed by atoms with Crippen molar-refractivity contribution in [2.45, 2.75) is 46.6 Å². The Bertz CT molecular complexity index is 487. The number of anilines is 1. The Labute approximate surface area is 120 Å². The molecule has 1 atom stereocenters. The number of nitrogens with zero attached hydrogens (tertiary/aromatic N) is 3. The summed E-state index contributed by atoms with van der Waals surface area (Å²) in [6.45, 7) is 9.77. The van der Waals surface area contributed by atoms with E-state index >= 15 is 0 Å². The van der Waals surface area contributed by atoms with Crippen molar-refractivity contribution in [2.24, 2.45) is 5.92 Å². The summed E-state index contributed by atoms with van der Waals surface area (Å²) in [5.41, 5.74) is 0.495. The van der Waals surface area contributed by atoms with E-state index in [1.54, 1.807) is 6.07 Å². The molecule has 0 aromatic carbocycles. The smallest absolute Gasteiger partial charge is 0.272 e. The van der Waals surface area contributed by atoms with Crippen LogP contribution < -0.4 is 5.32 Å². The SMILES string of the molecule is Cc1nc(NC(C)C)cc(C(=O)N2CCCC(C)C2)n1. The highest BCUT2D eigenvalue weighted by Crippen LogP contribution is 2.18. The number of nitrogens with one attached hydrogen (secondary N) is 1. The molecule has 0 bridgehead atoms. The first kappa shape index (κ1) is 14.8. The maximum Gasteiger partial charge on any atom is 0.272 e. The Hall–Kier alpha value is -1.65. The molecular weight excluding hydrogens is 252 g/mol. The lowest BCUT2D eigenvalue weighted by molar-refractivity contribution is 0.0676. The molecule has 1 aromatic heterocycles. The van der Waals surface area contributed by atoms with Crippen molar-refractivity contribution in [3.63, 3.8) is 0 Å². The number of aromatic nitrogens is 2. The number of amides is 1. The highest BCUT2D eigenvalue weighted by atomic mass is 16.2. The van der Waals surface area contributed by atoms with Gasteiger partial charge in [-0.05, 0) is 39.5 Å². The van der Waals surface area contributed by atoms with Crippen LogP contribution in [-0.2, 0) is 0 Å². The normalized spacial score (nSPS) is 19.2. The first-order valence-corrected chi connectivity index (χ1v) is 7.37. The molecule has 110 valence electrons. The van der Waals surface area contributed by atoms with E-state index in [2.05, 4.69) is 22.2 Å². The van der Waals surface area contributed by atoms with Gasteiger partial charge >= 0.3 is 0 Å². The quantitative estimate of drug-likeness (QED) is 0.921. The number of hydrogen-bond acceptors (Lipinski definition) is 4. The maximum absolute atomic E-state index is 12.5. The van der Waals surface area contributed by atoms with Gasteiger partial charge in [0.1, 0.15) is 17.3 Å². The van der Waals surface area contributed by atoms with Crippen LogP contribution in [0.2, 0.25) is 0 Å². The second-order valence-corrected chi connectivity index (χ2v) is 5.98. The molecule has 1 aliphatic heterocycles. The fourth-order valence-electron chi connectivity index (χ4n) is 2.58. The first-order chi connectivity index (χ1) is 9.45. The van der Waals surface area contributed by atoms with E-state index in [1.807, 2.05) is 25.7 Å². The van der Waals surface area contributed by atoms with Crippen LogP contribution in [0.25, 0.3) is 0 Å². The molecule has 5 heteroatoms. The Morgan fingerprint density at radius 3 is 2.85 bits per heavy atom. The van der Waals surface area contributed by atoms with Crippen LogP contribution in [0.3, 0.4) is 0 Å². The molecule has 1 saturated heterocycles. The van der Waals surface area contributed by atoms with Crippen molar-refractivity contribution in [2.75, 3.05) is 18.4 Å². The van der Waals surface area contributed by atoms with Crippen LogP contribution in [-0.4, -0.2) is 39.9 Å². The monoisotopic (exact) mass is 276 g/mol. The second kappa shape index (κ2) is 6.20. The topological polar surface area (TPSA) is 58.1 Å². The summed E-state index contributed by atoms with van der Waals surface area (Å²) in [5, 5.41) is 3.23. The molecule has 20 heavy (non-hydrogen) atoms. The summed E-state index contributed by atoms with van der Waals surface area (Å²) >= 11 is 0. The number of rotatable bonds is 3. The molecule has 2 heterocycles. The summed E-state index contributed by atoms with van der Waals surface area (Å²) in [4.78, 5) is 23.1. The molecule has 1 unspecified atom stereocenters. The van der Waals surface area contributed by atoms with Gasteiger partial charge in [0.15, 0.2) is 0 Å². The van der Waals surface area contributed by atoms with E-state index in [-0.39, 0.29) is 11.9 Å². The third kappa shape index (κ3) is 3.68. The molecule has 0 spiro atoms. The molecule has 1 aromatic rings. The average Bonchev–Trinajstić information content (AvgIpc) is 2.36. The Kier molecular flexibility index (Phi) is 4.57. The molecule has 1 fully saturated rings. The molecule has 0 aliphatic carbocycles. The van der Waals surface area contributed by atoms with Gasteiger partial charge in [0.25, 0.3) is 5.91 Å². The average molecular weight is 276 g/mol. The largest absolute Gasteiger partial charge is 0.368 e. The van der Waals surface area contributed by atoms with Gasteiger partial charge in [0.05, 0.1) is 0 Å². The fraction of sp³-hybridized carbons (Fsp3) is 0.667. The van der Waals surface area contributed by atoms with Gasteiger partial charge in [-0.1, -0.05) is 6.92 Å². The van der Waals surface area contributed by atoms with Crippen LogP contribution in [0.4, 0.5) is 5.82 Å². The van der Waals surface area contributed by atoms with E-state index in [1.165, 1.54) is 6.42 Å². The summed E-state index contributed by atoms with van der Waals surface area (Å²) in [7, 11) is 0. The predicted molar refractivity (Wildman–Crippen MR) is 79.8 cm³/mol.